The highest BCUT2D eigenvalue weighted by Crippen LogP contribution is 2.07. The number of hydrogen-bond acceptors (Lipinski definition) is 7. The first-order chi connectivity index (χ1) is 17.8. The minimum absolute atomic E-state index is 0.810. The van der Waals surface area contributed by atoms with Crippen LogP contribution in [0.3, 0.4) is 0 Å². The third kappa shape index (κ3) is 6.88. The van der Waals surface area contributed by atoms with E-state index in [1.165, 1.54) is 6.26 Å². The molecule has 6 aromatic heterocycles. The van der Waals surface area contributed by atoms with E-state index < -0.39 is 0 Å². The van der Waals surface area contributed by atoms with Gasteiger partial charge in [0, 0.05) is 41.1 Å². The molecule has 7 aromatic rings. The molecule has 7 rings (SSSR count). The van der Waals surface area contributed by atoms with E-state index >= 15 is 0 Å². The van der Waals surface area contributed by atoms with Crippen LogP contribution >= 0.6 is 0 Å². The molecule has 36 heavy (non-hydrogen) atoms. The van der Waals surface area contributed by atoms with Crippen molar-refractivity contribution >= 4 is 39.0 Å². The van der Waals surface area contributed by atoms with Crippen LogP contribution < -0.4 is 0 Å². The fraction of sp³-hybridized carbons (Fsp3) is 0. The zero-order chi connectivity index (χ0) is 24.8. The molecule has 6 heterocycles. The highest BCUT2D eigenvalue weighted by molar-refractivity contribution is 5.77. The van der Waals surface area contributed by atoms with Crippen molar-refractivity contribution in [3.05, 3.63) is 128 Å². The van der Waals surface area contributed by atoms with Crippen molar-refractivity contribution in [2.24, 2.45) is 0 Å². The van der Waals surface area contributed by atoms with Crippen LogP contribution in [0, 0.1) is 0 Å². The molecular formula is C28H23N7O. The van der Waals surface area contributed by atoms with Crippen LogP contribution in [0.25, 0.3) is 39.0 Å². The topological polar surface area (TPSA) is 106 Å². The van der Waals surface area contributed by atoms with Gasteiger partial charge in [-0.05, 0) is 54.6 Å². The minimum Gasteiger partial charge on any atom is -0.364 e. The van der Waals surface area contributed by atoms with Crippen molar-refractivity contribution in [3.63, 3.8) is 0 Å². The normalized spacial score (nSPS) is 9.78. The van der Waals surface area contributed by atoms with E-state index in [1.54, 1.807) is 37.1 Å². The second kappa shape index (κ2) is 12.9. The lowest BCUT2D eigenvalue weighted by Crippen LogP contribution is -1.78. The number of aromatic nitrogens is 7. The van der Waals surface area contributed by atoms with E-state index in [1.807, 2.05) is 79.0 Å². The van der Waals surface area contributed by atoms with Gasteiger partial charge in [0.25, 0.3) is 0 Å². The Morgan fingerprint density at radius 3 is 1.83 bits per heavy atom. The van der Waals surface area contributed by atoms with Gasteiger partial charge < -0.3 is 4.52 Å². The van der Waals surface area contributed by atoms with Gasteiger partial charge in [0.2, 0.25) is 0 Å². The van der Waals surface area contributed by atoms with Crippen LogP contribution in [0.4, 0.5) is 0 Å². The molecule has 0 saturated carbocycles. The lowest BCUT2D eigenvalue weighted by atomic mass is 10.3. The Morgan fingerprint density at radius 1 is 0.667 bits per heavy atom. The molecule has 0 fully saturated rings. The summed E-state index contributed by atoms with van der Waals surface area (Å²) < 4.78 is 4.48. The molecule has 0 aliphatic heterocycles. The molecule has 0 spiro atoms. The first-order valence-corrected chi connectivity index (χ1v) is 11.0. The largest absolute Gasteiger partial charge is 0.364 e. The molecule has 0 atom stereocenters. The molecule has 176 valence electrons. The number of nitrogens with one attached hydrogen (secondary N) is 1. The van der Waals surface area contributed by atoms with E-state index in [2.05, 4.69) is 46.4 Å². The van der Waals surface area contributed by atoms with Crippen LogP contribution in [0.15, 0.2) is 127 Å². The quantitative estimate of drug-likeness (QED) is 0.305. The second-order valence-electron chi connectivity index (χ2n) is 7.22. The molecule has 0 unspecified atom stereocenters. The Labute approximate surface area is 207 Å². The third-order valence-electron chi connectivity index (χ3n) is 4.78. The summed E-state index contributed by atoms with van der Waals surface area (Å²) >= 11 is 0. The molecule has 0 bridgehead atoms. The fourth-order valence-corrected chi connectivity index (χ4v) is 3.01. The lowest BCUT2D eigenvalue weighted by molar-refractivity contribution is 0.419. The Morgan fingerprint density at radius 2 is 1.28 bits per heavy atom. The van der Waals surface area contributed by atoms with Crippen molar-refractivity contribution in [2.75, 3.05) is 0 Å². The van der Waals surface area contributed by atoms with Crippen LogP contribution in [0.1, 0.15) is 5.56 Å². The fourth-order valence-electron chi connectivity index (χ4n) is 3.01. The maximum Gasteiger partial charge on any atom is 0.159 e. The predicted molar refractivity (Wildman–Crippen MR) is 142 cm³/mol. The summed E-state index contributed by atoms with van der Waals surface area (Å²) in [4.78, 5) is 16.4. The predicted octanol–water partition coefficient (Wildman–Crippen LogP) is 6.14. The summed E-state index contributed by atoms with van der Waals surface area (Å²) in [5.41, 5.74) is 4.72. The van der Waals surface area contributed by atoms with Gasteiger partial charge in [-0.3, -0.25) is 15.1 Å². The Hall–Kier alpha value is -5.24. The van der Waals surface area contributed by atoms with Crippen molar-refractivity contribution in [1.29, 1.82) is 0 Å². The molecule has 0 aliphatic carbocycles. The summed E-state index contributed by atoms with van der Waals surface area (Å²) in [6.07, 6.45) is 13.7. The smallest absolute Gasteiger partial charge is 0.159 e. The highest BCUT2D eigenvalue weighted by atomic mass is 16.5. The summed E-state index contributed by atoms with van der Waals surface area (Å²) in [5, 5.41) is 12.4. The lowest BCUT2D eigenvalue weighted by Gasteiger charge is -1.90. The maximum atomic E-state index is 4.48. The SMILES string of the molecule is C=Cc1cnoc1.c1ccc2[nH]ncc2c1.c1cnc2cccnc2c1.c1cnc2ncccc2c1. The van der Waals surface area contributed by atoms with Gasteiger partial charge in [-0.25, -0.2) is 9.97 Å². The number of pyridine rings is 4. The number of benzene rings is 1. The van der Waals surface area contributed by atoms with E-state index in [-0.39, 0.29) is 0 Å². The highest BCUT2D eigenvalue weighted by Gasteiger charge is 1.90. The summed E-state index contributed by atoms with van der Waals surface area (Å²) in [6.45, 7) is 3.50. The summed E-state index contributed by atoms with van der Waals surface area (Å²) in [6, 6.07) is 23.5. The van der Waals surface area contributed by atoms with Crippen molar-refractivity contribution in [1.82, 2.24) is 35.3 Å². The number of fused-ring (bicyclic) bond motifs is 3. The number of para-hydroxylation sites is 1. The van der Waals surface area contributed by atoms with E-state index in [9.17, 15) is 0 Å². The van der Waals surface area contributed by atoms with Gasteiger partial charge in [-0.1, -0.05) is 36.0 Å². The number of nitrogens with zero attached hydrogens (tertiary/aromatic N) is 6. The number of H-pyrrole nitrogens is 1. The molecule has 0 amide bonds. The van der Waals surface area contributed by atoms with Crippen LogP contribution in [-0.4, -0.2) is 35.3 Å². The average molecular weight is 474 g/mol. The monoisotopic (exact) mass is 473 g/mol. The van der Waals surface area contributed by atoms with Crippen LogP contribution in [0.5, 0.6) is 0 Å². The van der Waals surface area contributed by atoms with Gasteiger partial charge in [0.1, 0.15) is 6.26 Å². The Kier molecular flexibility index (Phi) is 8.53. The van der Waals surface area contributed by atoms with Crippen LogP contribution in [0.2, 0.25) is 0 Å². The molecule has 8 nitrogen and oxygen atoms in total. The first-order valence-electron chi connectivity index (χ1n) is 11.0. The van der Waals surface area contributed by atoms with Gasteiger partial charge in [-0.15, -0.1) is 0 Å². The minimum atomic E-state index is 0.810. The number of rotatable bonds is 1. The average Bonchev–Trinajstić information content (AvgIpc) is 3.67. The molecule has 8 heteroatoms. The van der Waals surface area contributed by atoms with Crippen LogP contribution in [-0.2, 0) is 0 Å². The number of hydrogen-bond donors (Lipinski definition) is 1. The molecular weight excluding hydrogens is 450 g/mol. The molecule has 0 saturated heterocycles. The summed E-state index contributed by atoms with van der Waals surface area (Å²) in [7, 11) is 0. The van der Waals surface area contributed by atoms with Crippen molar-refractivity contribution in [3.8, 4) is 0 Å². The van der Waals surface area contributed by atoms with E-state index in [4.69, 9.17) is 0 Å². The second-order valence-corrected chi connectivity index (χ2v) is 7.22. The van der Waals surface area contributed by atoms with E-state index in [0.29, 0.717) is 0 Å². The van der Waals surface area contributed by atoms with Gasteiger partial charge in [0.05, 0.1) is 28.9 Å². The standard InChI is InChI=1S/2C8H6N2.C7H6N2.C5H5NO/c1-3-7-8(9-5-1)4-2-6-10-7;1-3-7-4-2-6-10-8(7)9-5-1;1-2-4-7-6(3-1)5-8-9-7;1-2-5-3-6-7-4-5/h2*1-6H;1-5H,(H,8,9);2-4H,1H2. The maximum absolute atomic E-state index is 4.48. The summed E-state index contributed by atoms with van der Waals surface area (Å²) in [5.74, 6) is 0. The molecule has 0 aliphatic rings. The first kappa shape index (κ1) is 23.9. The number of aromatic amines is 1. The van der Waals surface area contributed by atoms with Gasteiger partial charge >= 0.3 is 0 Å². The molecule has 1 N–H and O–H groups in total. The van der Waals surface area contributed by atoms with Gasteiger partial charge in [-0.2, -0.15) is 5.10 Å². The molecule has 0 radical (unpaired) electrons. The third-order valence-corrected chi connectivity index (χ3v) is 4.78. The Balaban J connectivity index is 0.000000114. The van der Waals surface area contributed by atoms with Crippen molar-refractivity contribution < 1.29 is 4.52 Å². The molecule has 1 aromatic carbocycles. The van der Waals surface area contributed by atoms with E-state index in [0.717, 1.165) is 38.5 Å². The van der Waals surface area contributed by atoms with Crippen molar-refractivity contribution in [2.45, 2.75) is 0 Å². The Bertz CT molecular complexity index is 1400. The zero-order valence-corrected chi connectivity index (χ0v) is 19.3. The zero-order valence-electron chi connectivity index (χ0n) is 19.3. The van der Waals surface area contributed by atoms with Gasteiger partial charge in [0.15, 0.2) is 5.65 Å².